The zero-order valence-electron chi connectivity index (χ0n) is 7.41. The zero-order chi connectivity index (χ0) is 10.7. The van der Waals surface area contributed by atoms with E-state index in [1.807, 2.05) is 5.38 Å². The molecule has 0 saturated carbocycles. The highest BCUT2D eigenvalue weighted by Crippen LogP contribution is 2.25. The van der Waals surface area contributed by atoms with Crippen molar-refractivity contribution in [2.24, 2.45) is 0 Å². The Morgan fingerprint density at radius 1 is 1.53 bits per heavy atom. The molecule has 0 spiro atoms. The maximum Gasteiger partial charge on any atom is 0.345 e. The van der Waals surface area contributed by atoms with Crippen LogP contribution in [0, 0.1) is 10.1 Å². The summed E-state index contributed by atoms with van der Waals surface area (Å²) in [5.74, 6) is 0. The number of thiazole rings is 2. The Morgan fingerprint density at radius 2 is 2.40 bits per heavy atom. The number of nitrogens with one attached hydrogen (secondary N) is 1. The van der Waals surface area contributed by atoms with E-state index < -0.39 is 4.92 Å². The van der Waals surface area contributed by atoms with E-state index in [-0.39, 0.29) is 5.00 Å². The second-order valence-corrected chi connectivity index (χ2v) is 4.32. The van der Waals surface area contributed by atoms with E-state index in [9.17, 15) is 10.1 Å². The lowest BCUT2D eigenvalue weighted by Crippen LogP contribution is -1.98. The molecule has 15 heavy (non-hydrogen) atoms. The van der Waals surface area contributed by atoms with Crippen molar-refractivity contribution in [2.75, 3.05) is 5.32 Å². The van der Waals surface area contributed by atoms with E-state index in [4.69, 9.17) is 0 Å². The predicted molar refractivity (Wildman–Crippen MR) is 58.2 cm³/mol. The molecule has 2 heterocycles. The number of nitrogens with zero attached hydrogens (tertiary/aromatic N) is 3. The minimum atomic E-state index is -0.453. The van der Waals surface area contributed by atoms with Gasteiger partial charge in [-0.05, 0) is 11.3 Å². The Labute approximate surface area is 92.8 Å². The molecule has 0 amide bonds. The van der Waals surface area contributed by atoms with Gasteiger partial charge in [-0.1, -0.05) is 0 Å². The molecule has 0 unspecified atom stereocenters. The standard InChI is InChI=1S/C7H6N4O2S2/c12-11(13)6-2-9-7(15-6)8-1-5-3-14-4-10-5/h2-4H,1H2,(H,8,9). The van der Waals surface area contributed by atoms with Gasteiger partial charge < -0.3 is 5.32 Å². The van der Waals surface area contributed by atoms with Crippen LogP contribution in [0.1, 0.15) is 5.69 Å². The molecule has 0 aliphatic heterocycles. The summed E-state index contributed by atoms with van der Waals surface area (Å²) in [6.45, 7) is 0.536. The lowest BCUT2D eigenvalue weighted by molar-refractivity contribution is -0.380. The Kier molecular flexibility index (Phi) is 2.88. The van der Waals surface area contributed by atoms with Crippen LogP contribution in [-0.4, -0.2) is 14.9 Å². The van der Waals surface area contributed by atoms with Crippen LogP contribution in [0.3, 0.4) is 0 Å². The first-order valence-corrected chi connectivity index (χ1v) is 5.73. The number of aromatic nitrogens is 2. The summed E-state index contributed by atoms with van der Waals surface area (Å²) in [4.78, 5) is 17.9. The van der Waals surface area contributed by atoms with Crippen molar-refractivity contribution in [3.8, 4) is 0 Å². The van der Waals surface area contributed by atoms with Crippen molar-refractivity contribution in [1.82, 2.24) is 9.97 Å². The van der Waals surface area contributed by atoms with Crippen LogP contribution in [0.15, 0.2) is 17.1 Å². The van der Waals surface area contributed by atoms with E-state index in [0.29, 0.717) is 11.7 Å². The molecule has 0 fully saturated rings. The van der Waals surface area contributed by atoms with Crippen LogP contribution in [0.4, 0.5) is 10.1 Å². The van der Waals surface area contributed by atoms with Crippen LogP contribution in [0.2, 0.25) is 0 Å². The Balaban J connectivity index is 1.96. The van der Waals surface area contributed by atoms with E-state index >= 15 is 0 Å². The molecule has 8 heteroatoms. The minimum absolute atomic E-state index is 0.0378. The van der Waals surface area contributed by atoms with Crippen LogP contribution in [0.25, 0.3) is 0 Å². The third-order valence-electron chi connectivity index (χ3n) is 1.58. The lowest BCUT2D eigenvalue weighted by atomic mass is 10.5. The molecule has 78 valence electrons. The molecule has 2 aromatic rings. The second-order valence-electron chi connectivity index (χ2n) is 2.59. The molecule has 0 atom stereocenters. The fraction of sp³-hybridized carbons (Fsp3) is 0.143. The minimum Gasteiger partial charge on any atom is -0.356 e. The van der Waals surface area contributed by atoms with Gasteiger partial charge in [-0.15, -0.1) is 11.3 Å². The molecule has 2 aromatic heterocycles. The number of hydrogen-bond acceptors (Lipinski definition) is 7. The molecule has 1 N–H and O–H groups in total. The maximum atomic E-state index is 10.4. The molecule has 2 rings (SSSR count). The second kappa shape index (κ2) is 4.32. The zero-order valence-corrected chi connectivity index (χ0v) is 9.05. The first-order chi connectivity index (χ1) is 7.25. The van der Waals surface area contributed by atoms with Crippen molar-refractivity contribution in [2.45, 2.75) is 6.54 Å². The van der Waals surface area contributed by atoms with Crippen molar-refractivity contribution in [3.63, 3.8) is 0 Å². The average Bonchev–Trinajstić information content (AvgIpc) is 2.86. The predicted octanol–water partition coefficient (Wildman–Crippen LogP) is 2.12. The highest BCUT2D eigenvalue weighted by atomic mass is 32.1. The van der Waals surface area contributed by atoms with Crippen LogP contribution in [-0.2, 0) is 6.54 Å². The summed E-state index contributed by atoms with van der Waals surface area (Å²) in [7, 11) is 0. The highest BCUT2D eigenvalue weighted by molar-refractivity contribution is 7.18. The van der Waals surface area contributed by atoms with Gasteiger partial charge in [-0.2, -0.15) is 0 Å². The molecular weight excluding hydrogens is 236 g/mol. The smallest absolute Gasteiger partial charge is 0.345 e. The largest absolute Gasteiger partial charge is 0.356 e. The summed E-state index contributed by atoms with van der Waals surface area (Å²) >= 11 is 2.53. The highest BCUT2D eigenvalue weighted by Gasteiger charge is 2.10. The molecule has 0 aliphatic carbocycles. The van der Waals surface area contributed by atoms with Gasteiger partial charge in [0.1, 0.15) is 6.20 Å². The number of rotatable bonds is 4. The summed E-state index contributed by atoms with van der Waals surface area (Å²) in [6.07, 6.45) is 1.24. The first-order valence-electron chi connectivity index (χ1n) is 3.97. The topological polar surface area (TPSA) is 81.0 Å². The summed E-state index contributed by atoms with van der Waals surface area (Å²) in [5.41, 5.74) is 2.64. The molecule has 0 bridgehead atoms. The third-order valence-corrected chi connectivity index (χ3v) is 3.12. The molecule has 0 aliphatic rings. The number of hydrogen-bond donors (Lipinski definition) is 1. The van der Waals surface area contributed by atoms with E-state index in [1.54, 1.807) is 5.51 Å². The van der Waals surface area contributed by atoms with Crippen molar-refractivity contribution >= 4 is 32.8 Å². The van der Waals surface area contributed by atoms with Gasteiger partial charge in [0.25, 0.3) is 0 Å². The fourth-order valence-corrected chi connectivity index (χ4v) is 2.11. The van der Waals surface area contributed by atoms with Crippen molar-refractivity contribution in [1.29, 1.82) is 0 Å². The van der Waals surface area contributed by atoms with E-state index in [0.717, 1.165) is 17.0 Å². The van der Waals surface area contributed by atoms with Crippen LogP contribution in [0.5, 0.6) is 0 Å². The molecule has 6 nitrogen and oxygen atoms in total. The van der Waals surface area contributed by atoms with Gasteiger partial charge in [0, 0.05) is 5.38 Å². The Hall–Kier alpha value is -1.54. The van der Waals surface area contributed by atoms with Crippen molar-refractivity contribution < 1.29 is 4.92 Å². The maximum absolute atomic E-state index is 10.4. The van der Waals surface area contributed by atoms with Gasteiger partial charge in [0.05, 0.1) is 22.7 Å². The molecule has 0 aromatic carbocycles. The SMILES string of the molecule is O=[N+]([O-])c1cnc(NCc2cscn2)s1. The molecule has 0 radical (unpaired) electrons. The Morgan fingerprint density at radius 3 is 3.00 bits per heavy atom. The van der Waals surface area contributed by atoms with E-state index in [1.165, 1.54) is 17.5 Å². The van der Waals surface area contributed by atoms with Gasteiger partial charge in [-0.3, -0.25) is 10.1 Å². The normalized spacial score (nSPS) is 10.1. The number of nitro groups is 1. The number of anilines is 1. The van der Waals surface area contributed by atoms with Crippen LogP contribution >= 0.6 is 22.7 Å². The fourth-order valence-electron chi connectivity index (χ4n) is 0.923. The summed E-state index contributed by atoms with van der Waals surface area (Å²) in [6, 6.07) is 0. The van der Waals surface area contributed by atoms with Gasteiger partial charge in [0.15, 0.2) is 5.13 Å². The average molecular weight is 242 g/mol. The van der Waals surface area contributed by atoms with Gasteiger partial charge >= 0.3 is 5.00 Å². The summed E-state index contributed by atoms with van der Waals surface area (Å²) in [5, 5.41) is 15.8. The summed E-state index contributed by atoms with van der Waals surface area (Å²) < 4.78 is 0. The van der Waals surface area contributed by atoms with Crippen molar-refractivity contribution in [3.05, 3.63) is 32.9 Å². The Bertz CT molecular complexity index is 453. The van der Waals surface area contributed by atoms with Gasteiger partial charge in [-0.25, -0.2) is 9.97 Å². The quantitative estimate of drug-likeness (QED) is 0.656. The third kappa shape index (κ3) is 2.48. The molecular formula is C7H6N4O2S2. The lowest BCUT2D eigenvalue weighted by Gasteiger charge is -1.96. The van der Waals surface area contributed by atoms with Crippen LogP contribution < -0.4 is 5.32 Å². The first kappa shape index (κ1) is 9.99. The molecule has 0 saturated heterocycles. The monoisotopic (exact) mass is 242 g/mol. The van der Waals surface area contributed by atoms with Gasteiger partial charge in [0.2, 0.25) is 0 Å². The van der Waals surface area contributed by atoms with E-state index in [2.05, 4.69) is 15.3 Å².